The molecule has 0 aliphatic carbocycles. The van der Waals surface area contributed by atoms with Crippen molar-refractivity contribution in [1.29, 1.82) is 0 Å². The number of aromatic nitrogens is 2. The van der Waals surface area contributed by atoms with Crippen LogP contribution in [0.2, 0.25) is 5.15 Å². The maximum atomic E-state index is 13.2. The Hall–Kier alpha value is -0.740. The lowest BCUT2D eigenvalue weighted by Gasteiger charge is -2.01. The maximum Gasteiger partial charge on any atom is 0.149 e. The second kappa shape index (κ2) is 3.20. The lowest BCUT2D eigenvalue weighted by atomic mass is 10.2. The Morgan fingerprint density at radius 1 is 1.31 bits per heavy atom. The van der Waals surface area contributed by atoms with Crippen molar-refractivity contribution in [3.8, 4) is 0 Å². The first-order valence-corrected chi connectivity index (χ1v) is 4.61. The molecule has 0 spiro atoms. The van der Waals surface area contributed by atoms with Crippen molar-refractivity contribution in [3.63, 3.8) is 0 Å². The number of fused-ring (bicyclic) bond motifs is 1. The van der Waals surface area contributed by atoms with Gasteiger partial charge in [-0.15, -0.1) is 0 Å². The van der Waals surface area contributed by atoms with E-state index in [0.29, 0.717) is 9.86 Å². The molecule has 0 aliphatic heterocycles. The van der Waals surface area contributed by atoms with Gasteiger partial charge in [-0.3, -0.25) is 0 Å². The number of hydrogen-bond acceptors (Lipinski definition) is 2. The van der Waals surface area contributed by atoms with Crippen LogP contribution >= 0.6 is 27.5 Å². The van der Waals surface area contributed by atoms with E-state index in [1.54, 1.807) is 6.07 Å². The molecule has 0 fully saturated rings. The van der Waals surface area contributed by atoms with Crippen molar-refractivity contribution in [3.05, 3.63) is 33.9 Å². The van der Waals surface area contributed by atoms with E-state index in [9.17, 15) is 4.39 Å². The minimum absolute atomic E-state index is 0.231. The smallest absolute Gasteiger partial charge is 0.149 e. The van der Waals surface area contributed by atoms with Gasteiger partial charge in [0.05, 0.1) is 5.39 Å². The van der Waals surface area contributed by atoms with Crippen LogP contribution < -0.4 is 0 Å². The van der Waals surface area contributed by atoms with Crippen molar-refractivity contribution in [1.82, 2.24) is 9.97 Å². The molecule has 0 atom stereocenters. The molecule has 2 nitrogen and oxygen atoms in total. The highest BCUT2D eigenvalue weighted by Crippen LogP contribution is 2.28. The summed E-state index contributed by atoms with van der Waals surface area (Å²) >= 11 is 9.04. The van der Waals surface area contributed by atoms with E-state index in [1.807, 2.05) is 0 Å². The molecule has 0 amide bonds. The minimum atomic E-state index is -0.400. The summed E-state index contributed by atoms with van der Waals surface area (Å²) < 4.78 is 13.9. The van der Waals surface area contributed by atoms with Crippen molar-refractivity contribution < 1.29 is 4.39 Å². The van der Waals surface area contributed by atoms with Gasteiger partial charge < -0.3 is 0 Å². The Kier molecular flexibility index (Phi) is 2.17. The molecule has 0 saturated carbocycles. The van der Waals surface area contributed by atoms with E-state index < -0.39 is 5.82 Å². The van der Waals surface area contributed by atoms with E-state index in [-0.39, 0.29) is 10.7 Å². The normalized spacial score (nSPS) is 10.7. The molecule has 5 heteroatoms. The SMILES string of the molecule is Fc1ccc(Br)c2c(Cl)ncnc12. The van der Waals surface area contributed by atoms with Gasteiger partial charge in [0.25, 0.3) is 0 Å². The first kappa shape index (κ1) is 8.84. The quantitative estimate of drug-likeness (QED) is 0.681. The molecule has 1 aromatic carbocycles. The molecular formula is C8H3BrClFN2. The largest absolute Gasteiger partial charge is 0.233 e. The predicted molar refractivity (Wildman–Crippen MR) is 52.2 cm³/mol. The molecule has 0 bridgehead atoms. The van der Waals surface area contributed by atoms with Crippen LogP contribution in [0.25, 0.3) is 10.9 Å². The maximum absolute atomic E-state index is 13.2. The summed E-state index contributed by atoms with van der Waals surface area (Å²) in [4.78, 5) is 7.57. The first-order valence-electron chi connectivity index (χ1n) is 3.44. The van der Waals surface area contributed by atoms with Gasteiger partial charge in [0.2, 0.25) is 0 Å². The Labute approximate surface area is 86.9 Å². The van der Waals surface area contributed by atoms with Crippen LogP contribution in [0.3, 0.4) is 0 Å². The molecule has 0 aliphatic rings. The highest BCUT2D eigenvalue weighted by Gasteiger charge is 2.08. The topological polar surface area (TPSA) is 25.8 Å². The van der Waals surface area contributed by atoms with Gasteiger partial charge in [-0.1, -0.05) is 11.6 Å². The molecule has 1 heterocycles. The summed E-state index contributed by atoms with van der Waals surface area (Å²) in [6, 6.07) is 2.91. The van der Waals surface area contributed by atoms with Crippen LogP contribution in [0.5, 0.6) is 0 Å². The van der Waals surface area contributed by atoms with Gasteiger partial charge in [0, 0.05) is 4.47 Å². The van der Waals surface area contributed by atoms with Crippen LogP contribution in [0, 0.1) is 5.82 Å². The summed E-state index contributed by atoms with van der Waals surface area (Å²) in [7, 11) is 0. The first-order chi connectivity index (χ1) is 6.20. The van der Waals surface area contributed by atoms with Crippen LogP contribution in [-0.4, -0.2) is 9.97 Å². The predicted octanol–water partition coefficient (Wildman–Crippen LogP) is 3.18. The molecule has 0 N–H and O–H groups in total. The molecule has 13 heavy (non-hydrogen) atoms. The van der Waals surface area contributed by atoms with Gasteiger partial charge in [0.15, 0.2) is 0 Å². The number of rotatable bonds is 0. The zero-order valence-corrected chi connectivity index (χ0v) is 8.60. The van der Waals surface area contributed by atoms with Crippen LogP contribution in [0.1, 0.15) is 0 Å². The van der Waals surface area contributed by atoms with Gasteiger partial charge in [0.1, 0.15) is 22.8 Å². The number of halogens is 3. The van der Waals surface area contributed by atoms with Gasteiger partial charge in [-0.2, -0.15) is 0 Å². The second-order valence-corrected chi connectivity index (χ2v) is 3.63. The molecular weight excluding hydrogens is 258 g/mol. The summed E-state index contributed by atoms with van der Waals surface area (Å²) in [6.45, 7) is 0. The highest BCUT2D eigenvalue weighted by atomic mass is 79.9. The summed E-state index contributed by atoms with van der Waals surface area (Å²) in [5, 5.41) is 0.751. The van der Waals surface area contributed by atoms with Gasteiger partial charge >= 0.3 is 0 Å². The van der Waals surface area contributed by atoms with E-state index in [0.717, 1.165) is 0 Å². The molecule has 0 unspecified atom stereocenters. The summed E-state index contributed by atoms with van der Waals surface area (Å²) in [5.74, 6) is -0.400. The van der Waals surface area contributed by atoms with Crippen LogP contribution in [0.4, 0.5) is 4.39 Å². The third-order valence-electron chi connectivity index (χ3n) is 1.64. The van der Waals surface area contributed by atoms with Crippen molar-refractivity contribution >= 4 is 38.4 Å². The third kappa shape index (κ3) is 1.40. The van der Waals surface area contributed by atoms with Crippen LogP contribution in [-0.2, 0) is 0 Å². The Morgan fingerprint density at radius 3 is 2.77 bits per heavy atom. The molecule has 2 rings (SSSR count). The second-order valence-electron chi connectivity index (χ2n) is 2.42. The fourth-order valence-corrected chi connectivity index (χ4v) is 1.92. The molecule has 0 radical (unpaired) electrons. The number of nitrogens with zero attached hydrogens (tertiary/aromatic N) is 2. The molecule has 0 saturated heterocycles. The Balaban J connectivity index is 3.00. The number of benzene rings is 1. The standard InChI is InChI=1S/C8H3BrClFN2/c9-4-1-2-5(11)7-6(4)8(10)13-3-12-7/h1-3H. The van der Waals surface area contributed by atoms with E-state index >= 15 is 0 Å². The van der Waals surface area contributed by atoms with E-state index in [4.69, 9.17) is 11.6 Å². The van der Waals surface area contributed by atoms with E-state index in [1.165, 1.54) is 12.4 Å². The zero-order chi connectivity index (χ0) is 9.42. The highest BCUT2D eigenvalue weighted by molar-refractivity contribution is 9.10. The van der Waals surface area contributed by atoms with E-state index in [2.05, 4.69) is 25.9 Å². The average Bonchev–Trinajstić information content (AvgIpc) is 2.12. The van der Waals surface area contributed by atoms with Crippen molar-refractivity contribution in [2.45, 2.75) is 0 Å². The fourth-order valence-electron chi connectivity index (χ4n) is 1.07. The summed E-state index contributed by atoms with van der Waals surface area (Å²) in [5.41, 5.74) is 0.231. The molecule has 1 aromatic heterocycles. The molecule has 66 valence electrons. The van der Waals surface area contributed by atoms with Crippen LogP contribution in [0.15, 0.2) is 22.9 Å². The average molecular weight is 261 g/mol. The monoisotopic (exact) mass is 260 g/mol. The third-order valence-corrected chi connectivity index (χ3v) is 2.59. The van der Waals surface area contributed by atoms with Gasteiger partial charge in [-0.05, 0) is 28.1 Å². The Morgan fingerprint density at radius 2 is 2.08 bits per heavy atom. The summed E-state index contributed by atoms with van der Waals surface area (Å²) in [6.07, 6.45) is 1.24. The minimum Gasteiger partial charge on any atom is -0.233 e. The molecule has 2 aromatic rings. The lowest BCUT2D eigenvalue weighted by molar-refractivity contribution is 0.636. The van der Waals surface area contributed by atoms with Gasteiger partial charge in [-0.25, -0.2) is 14.4 Å². The van der Waals surface area contributed by atoms with Crippen molar-refractivity contribution in [2.75, 3.05) is 0 Å². The number of hydrogen-bond donors (Lipinski definition) is 0. The zero-order valence-electron chi connectivity index (χ0n) is 6.26. The van der Waals surface area contributed by atoms with Crippen molar-refractivity contribution in [2.24, 2.45) is 0 Å². The fraction of sp³-hybridized carbons (Fsp3) is 0. The lowest BCUT2D eigenvalue weighted by Crippen LogP contribution is -1.88. The Bertz CT molecular complexity index is 467.